The second-order valence-corrected chi connectivity index (χ2v) is 9.71. The van der Waals surface area contributed by atoms with E-state index in [1.165, 1.54) is 12.1 Å². The zero-order chi connectivity index (χ0) is 23.0. The molecule has 0 saturated heterocycles. The van der Waals surface area contributed by atoms with Gasteiger partial charge in [-0.05, 0) is 29.8 Å². The molecule has 1 aliphatic rings. The number of fused-ring (bicyclic) bond motifs is 2. The van der Waals surface area contributed by atoms with Gasteiger partial charge in [-0.1, -0.05) is 53.6 Å². The second kappa shape index (κ2) is 8.18. The van der Waals surface area contributed by atoms with Gasteiger partial charge in [0, 0.05) is 17.4 Å². The van der Waals surface area contributed by atoms with Gasteiger partial charge >= 0.3 is 6.01 Å². The van der Waals surface area contributed by atoms with Crippen LogP contribution < -0.4 is 10.1 Å². The zero-order valence-corrected chi connectivity index (χ0v) is 18.4. The summed E-state index contributed by atoms with van der Waals surface area (Å²) in [7, 11) is -3.26. The molecule has 5 rings (SSSR count). The maximum absolute atomic E-state index is 13.2. The summed E-state index contributed by atoms with van der Waals surface area (Å²) in [5.74, 6) is 0.640. The van der Waals surface area contributed by atoms with Crippen LogP contribution in [0.4, 0.5) is 6.01 Å². The number of amides is 1. The number of carbonyl (C=O) groups excluding carboxylic acids is 1. The van der Waals surface area contributed by atoms with Crippen molar-refractivity contribution < 1.29 is 22.4 Å². The van der Waals surface area contributed by atoms with Crippen molar-refractivity contribution in [3.63, 3.8) is 0 Å². The van der Waals surface area contributed by atoms with Crippen molar-refractivity contribution >= 4 is 21.8 Å². The van der Waals surface area contributed by atoms with Crippen LogP contribution in [0.1, 0.15) is 28.5 Å². The van der Waals surface area contributed by atoms with Gasteiger partial charge < -0.3 is 9.15 Å². The van der Waals surface area contributed by atoms with Crippen LogP contribution in [0.3, 0.4) is 0 Å². The predicted octanol–water partition coefficient (Wildman–Crippen LogP) is 3.94. The largest absolute Gasteiger partial charge is 0.457 e. The molecule has 1 N–H and O–H groups in total. The highest BCUT2D eigenvalue weighted by Gasteiger charge is 2.33. The van der Waals surface area contributed by atoms with Gasteiger partial charge in [0.1, 0.15) is 11.5 Å². The summed E-state index contributed by atoms with van der Waals surface area (Å²) in [5.41, 5.74) is 2.30. The zero-order valence-electron chi connectivity index (χ0n) is 17.6. The van der Waals surface area contributed by atoms with E-state index in [0.717, 1.165) is 22.9 Å². The fraction of sp³-hybridized carbons (Fsp3) is 0.125. The third-order valence-corrected chi connectivity index (χ3v) is 6.47. The van der Waals surface area contributed by atoms with Gasteiger partial charge in [-0.25, -0.2) is 8.42 Å². The van der Waals surface area contributed by atoms with Gasteiger partial charge in [0.2, 0.25) is 11.8 Å². The lowest BCUT2D eigenvalue weighted by Crippen LogP contribution is -2.25. The predicted molar refractivity (Wildman–Crippen MR) is 120 cm³/mol. The van der Waals surface area contributed by atoms with Gasteiger partial charge in [0.15, 0.2) is 9.84 Å². The van der Waals surface area contributed by atoms with Gasteiger partial charge in [0.05, 0.1) is 17.2 Å². The lowest BCUT2D eigenvalue weighted by Gasteiger charge is -2.26. The lowest BCUT2D eigenvalue weighted by molar-refractivity contribution is -0.117. The van der Waals surface area contributed by atoms with Gasteiger partial charge in [-0.15, -0.1) is 5.10 Å². The average Bonchev–Trinajstić information content (AvgIpc) is 3.23. The molecule has 4 aromatic rings. The minimum absolute atomic E-state index is 0.00999. The molecule has 0 bridgehead atoms. The molecule has 1 aliphatic heterocycles. The van der Waals surface area contributed by atoms with Crippen LogP contribution in [0.15, 0.2) is 82.1 Å². The highest BCUT2D eigenvalue weighted by molar-refractivity contribution is 7.90. The number of benzene rings is 3. The number of hydrogen-bond acceptors (Lipinski definition) is 7. The molecule has 9 heteroatoms. The van der Waals surface area contributed by atoms with Crippen molar-refractivity contribution in [1.82, 2.24) is 10.2 Å². The van der Waals surface area contributed by atoms with E-state index < -0.39 is 15.8 Å². The summed E-state index contributed by atoms with van der Waals surface area (Å²) in [5, 5.41) is 10.6. The molecule has 0 spiro atoms. The molecular weight excluding hydrogens is 442 g/mol. The first-order chi connectivity index (χ1) is 15.9. The van der Waals surface area contributed by atoms with Crippen LogP contribution in [-0.4, -0.2) is 30.8 Å². The highest BCUT2D eigenvalue weighted by Crippen LogP contribution is 2.44. The van der Waals surface area contributed by atoms with Crippen LogP contribution in [0.25, 0.3) is 0 Å². The molecule has 0 unspecified atom stereocenters. The summed E-state index contributed by atoms with van der Waals surface area (Å²) < 4.78 is 34.8. The Morgan fingerprint density at radius 3 is 2.12 bits per heavy atom. The van der Waals surface area contributed by atoms with E-state index in [1.54, 1.807) is 12.1 Å². The number of sulfone groups is 1. The van der Waals surface area contributed by atoms with Crippen LogP contribution in [-0.2, 0) is 21.1 Å². The molecular formula is C24H19N3O5S. The number of rotatable bonds is 5. The average molecular weight is 461 g/mol. The first-order valence-electron chi connectivity index (χ1n) is 10.2. The Morgan fingerprint density at radius 1 is 0.909 bits per heavy atom. The first-order valence-corrected chi connectivity index (χ1v) is 12.1. The van der Waals surface area contributed by atoms with Crippen molar-refractivity contribution in [1.29, 1.82) is 0 Å². The molecule has 0 saturated carbocycles. The summed E-state index contributed by atoms with van der Waals surface area (Å²) >= 11 is 0. The maximum atomic E-state index is 13.2. The fourth-order valence-corrected chi connectivity index (χ4v) is 4.41. The Balaban J connectivity index is 1.35. The summed E-state index contributed by atoms with van der Waals surface area (Å²) in [4.78, 5) is 13.5. The van der Waals surface area contributed by atoms with Crippen LogP contribution in [0.5, 0.6) is 11.5 Å². The van der Waals surface area contributed by atoms with Gasteiger partial charge in [-0.2, -0.15) is 0 Å². The first kappa shape index (κ1) is 20.9. The van der Waals surface area contributed by atoms with Crippen LogP contribution in [0, 0.1) is 0 Å². The van der Waals surface area contributed by atoms with E-state index >= 15 is 0 Å². The molecule has 1 amide bonds. The molecule has 0 radical (unpaired) electrons. The van der Waals surface area contributed by atoms with Crippen molar-refractivity contribution in [3.05, 3.63) is 95.4 Å². The minimum atomic E-state index is -3.26. The number of aromatic nitrogens is 2. The van der Waals surface area contributed by atoms with E-state index in [9.17, 15) is 13.2 Å². The number of carbonyl (C=O) groups is 1. The summed E-state index contributed by atoms with van der Waals surface area (Å²) in [6.45, 7) is 0. The quantitative estimate of drug-likeness (QED) is 0.479. The number of ether oxygens (including phenoxy) is 1. The van der Waals surface area contributed by atoms with Gasteiger partial charge in [-0.3, -0.25) is 10.1 Å². The SMILES string of the molecule is CS(=O)(=O)c1ccc(Cc2nnc(NC(=O)C3c4ccccc4Oc4ccccc43)o2)cc1. The van der Waals surface area contributed by atoms with Crippen molar-refractivity contribution in [3.8, 4) is 11.5 Å². The Bertz CT molecular complexity index is 1400. The molecule has 166 valence electrons. The second-order valence-electron chi connectivity index (χ2n) is 7.69. The van der Waals surface area contributed by atoms with E-state index in [2.05, 4.69) is 15.5 Å². The van der Waals surface area contributed by atoms with Crippen LogP contribution >= 0.6 is 0 Å². The lowest BCUT2D eigenvalue weighted by atomic mass is 9.87. The molecule has 33 heavy (non-hydrogen) atoms. The Hall–Kier alpha value is -3.98. The van der Waals surface area contributed by atoms with Crippen molar-refractivity contribution in [2.75, 3.05) is 11.6 Å². The van der Waals surface area contributed by atoms with Crippen molar-refractivity contribution in [2.24, 2.45) is 0 Å². The monoisotopic (exact) mass is 461 g/mol. The fourth-order valence-electron chi connectivity index (χ4n) is 3.77. The topological polar surface area (TPSA) is 111 Å². The standard InChI is InChI=1S/C24H19N3O5S/c1-33(29,30)16-12-10-15(11-13-16)14-21-26-27-24(32-21)25-23(28)22-17-6-2-4-8-19(17)31-20-9-5-3-7-18(20)22/h2-13,22H,14H2,1H3,(H,25,27,28). The molecule has 0 aliphatic carbocycles. The summed E-state index contributed by atoms with van der Waals surface area (Å²) in [6.07, 6.45) is 1.46. The third kappa shape index (κ3) is 4.22. The van der Waals surface area contributed by atoms with Crippen LogP contribution in [0.2, 0.25) is 0 Å². The molecule has 0 atom stereocenters. The number of nitrogens with zero attached hydrogens (tertiary/aromatic N) is 2. The molecule has 8 nitrogen and oxygen atoms in total. The smallest absolute Gasteiger partial charge is 0.322 e. The molecule has 0 fully saturated rings. The Kier molecular flexibility index (Phi) is 5.18. The van der Waals surface area contributed by atoms with E-state index in [-0.39, 0.29) is 16.8 Å². The van der Waals surface area contributed by atoms with E-state index in [0.29, 0.717) is 23.8 Å². The molecule has 1 aromatic heterocycles. The van der Waals surface area contributed by atoms with E-state index in [1.807, 2.05) is 48.5 Å². The normalized spacial score (nSPS) is 13.0. The number of hydrogen-bond donors (Lipinski definition) is 1. The maximum Gasteiger partial charge on any atom is 0.322 e. The highest BCUT2D eigenvalue weighted by atomic mass is 32.2. The third-order valence-electron chi connectivity index (χ3n) is 5.35. The Morgan fingerprint density at radius 2 is 1.52 bits per heavy atom. The molecule has 2 heterocycles. The van der Waals surface area contributed by atoms with Crippen molar-refractivity contribution in [2.45, 2.75) is 17.2 Å². The number of nitrogens with one attached hydrogen (secondary N) is 1. The molecule has 3 aromatic carbocycles. The Labute approximate surface area is 190 Å². The number of para-hydroxylation sites is 2. The summed E-state index contributed by atoms with van der Waals surface area (Å²) in [6, 6.07) is 21.2. The van der Waals surface area contributed by atoms with Gasteiger partial charge in [0.25, 0.3) is 0 Å². The van der Waals surface area contributed by atoms with E-state index in [4.69, 9.17) is 9.15 Å². The minimum Gasteiger partial charge on any atom is -0.457 e. The number of anilines is 1.